The fourth-order valence-electron chi connectivity index (χ4n) is 1.51. The number of hydrogen-bond acceptors (Lipinski definition) is 3. The summed E-state index contributed by atoms with van der Waals surface area (Å²) in [5.41, 5.74) is -0.935. The quantitative estimate of drug-likeness (QED) is 0.854. The van der Waals surface area contributed by atoms with Crippen LogP contribution in [0.5, 0.6) is 0 Å². The number of ether oxygens (including phenoxy) is 1. The molecule has 7 heteroatoms. The zero-order valence-electron chi connectivity index (χ0n) is 11.6. The maximum absolute atomic E-state index is 12.5. The molecular weight excluding hydrogens is 293 g/mol. The number of nitrogens with one attached hydrogen (secondary N) is 1. The Bertz CT molecular complexity index is 450. The van der Waals surface area contributed by atoms with Gasteiger partial charge in [0.25, 0.3) is 0 Å². The predicted octanol–water partition coefficient (Wildman–Crippen LogP) is 4.23. The Balaban J connectivity index is 2.70. The van der Waals surface area contributed by atoms with Crippen LogP contribution in [0.4, 0.5) is 19.0 Å². The molecule has 0 aliphatic carbocycles. The van der Waals surface area contributed by atoms with Crippen molar-refractivity contribution in [3.05, 3.63) is 22.8 Å². The summed E-state index contributed by atoms with van der Waals surface area (Å²) in [6.07, 6.45) is -2.85. The van der Waals surface area contributed by atoms with Crippen LogP contribution >= 0.6 is 11.6 Å². The van der Waals surface area contributed by atoms with Crippen molar-refractivity contribution in [1.29, 1.82) is 0 Å². The number of pyridine rings is 1. The van der Waals surface area contributed by atoms with E-state index in [0.29, 0.717) is 13.2 Å². The van der Waals surface area contributed by atoms with E-state index in [0.717, 1.165) is 18.7 Å². The first-order valence-electron chi connectivity index (χ1n) is 6.11. The molecule has 0 saturated heterocycles. The summed E-state index contributed by atoms with van der Waals surface area (Å²) in [7, 11) is 1.62. The molecule has 114 valence electrons. The van der Waals surface area contributed by atoms with Crippen molar-refractivity contribution >= 4 is 17.4 Å². The van der Waals surface area contributed by atoms with E-state index in [2.05, 4.69) is 10.3 Å². The molecule has 0 aliphatic rings. The minimum Gasteiger partial charge on any atom is -0.385 e. The third kappa shape index (κ3) is 5.17. The smallest absolute Gasteiger partial charge is 0.385 e. The molecule has 0 unspecified atom stereocenters. The molecule has 1 aromatic heterocycles. The number of anilines is 1. The van der Waals surface area contributed by atoms with Gasteiger partial charge in [-0.1, -0.05) is 25.4 Å². The third-order valence-electron chi connectivity index (χ3n) is 2.89. The molecule has 1 aromatic rings. The van der Waals surface area contributed by atoms with Gasteiger partial charge in [-0.05, 0) is 17.9 Å². The van der Waals surface area contributed by atoms with Gasteiger partial charge in [-0.15, -0.1) is 0 Å². The molecular formula is C13H18ClF3N2O. The highest BCUT2D eigenvalue weighted by molar-refractivity contribution is 6.32. The van der Waals surface area contributed by atoms with Crippen molar-refractivity contribution < 1.29 is 17.9 Å². The van der Waals surface area contributed by atoms with Gasteiger partial charge in [0.05, 0.1) is 10.6 Å². The van der Waals surface area contributed by atoms with Gasteiger partial charge in [0.15, 0.2) is 0 Å². The van der Waals surface area contributed by atoms with E-state index < -0.39 is 11.7 Å². The minimum absolute atomic E-state index is 0.0395. The highest BCUT2D eigenvalue weighted by atomic mass is 35.5. The highest BCUT2D eigenvalue weighted by Crippen LogP contribution is 2.32. The maximum atomic E-state index is 12.5. The maximum Gasteiger partial charge on any atom is 0.417 e. The summed E-state index contributed by atoms with van der Waals surface area (Å²) >= 11 is 5.82. The molecule has 0 atom stereocenters. The van der Waals surface area contributed by atoms with Crippen LogP contribution in [0.15, 0.2) is 12.3 Å². The zero-order chi connectivity index (χ0) is 15.4. The molecule has 0 amide bonds. The van der Waals surface area contributed by atoms with Crippen LogP contribution < -0.4 is 5.32 Å². The molecule has 3 nitrogen and oxygen atoms in total. The highest BCUT2D eigenvalue weighted by Gasteiger charge is 2.31. The second-order valence-corrected chi connectivity index (χ2v) is 5.72. The SMILES string of the molecule is COCCC(C)(C)CNc1ncc(C(F)(F)F)cc1Cl. The van der Waals surface area contributed by atoms with Gasteiger partial charge < -0.3 is 10.1 Å². The third-order valence-corrected chi connectivity index (χ3v) is 3.17. The molecule has 0 saturated carbocycles. The van der Waals surface area contributed by atoms with Gasteiger partial charge in [-0.2, -0.15) is 13.2 Å². The lowest BCUT2D eigenvalue weighted by Gasteiger charge is -2.25. The van der Waals surface area contributed by atoms with Crippen LogP contribution in [0.2, 0.25) is 5.02 Å². The van der Waals surface area contributed by atoms with Crippen molar-refractivity contribution in [2.24, 2.45) is 5.41 Å². The lowest BCUT2D eigenvalue weighted by molar-refractivity contribution is -0.137. The summed E-state index contributed by atoms with van der Waals surface area (Å²) in [5.74, 6) is 0.255. The van der Waals surface area contributed by atoms with Crippen molar-refractivity contribution in [1.82, 2.24) is 4.98 Å². The zero-order valence-corrected chi connectivity index (χ0v) is 12.4. The van der Waals surface area contributed by atoms with Gasteiger partial charge >= 0.3 is 6.18 Å². The van der Waals surface area contributed by atoms with E-state index in [1.807, 2.05) is 13.8 Å². The van der Waals surface area contributed by atoms with Gasteiger partial charge in [-0.3, -0.25) is 0 Å². The standard InChI is InChI=1S/C13H18ClF3N2O/c1-12(2,4-5-20-3)8-19-11-10(14)6-9(7-18-11)13(15,16)17/h6-7H,4-5,8H2,1-3H3,(H,18,19). The Labute approximate surface area is 121 Å². The molecule has 1 heterocycles. The van der Waals surface area contributed by atoms with Crippen molar-refractivity contribution in [3.63, 3.8) is 0 Å². The van der Waals surface area contributed by atoms with Crippen molar-refractivity contribution in [2.45, 2.75) is 26.4 Å². The van der Waals surface area contributed by atoms with E-state index in [1.165, 1.54) is 0 Å². The number of rotatable bonds is 6. The van der Waals surface area contributed by atoms with E-state index in [-0.39, 0.29) is 16.3 Å². The molecule has 0 fully saturated rings. The number of nitrogens with zero attached hydrogens (tertiary/aromatic N) is 1. The largest absolute Gasteiger partial charge is 0.417 e. The fourth-order valence-corrected chi connectivity index (χ4v) is 1.75. The van der Waals surface area contributed by atoms with E-state index in [1.54, 1.807) is 7.11 Å². The molecule has 0 aliphatic heterocycles. The second-order valence-electron chi connectivity index (χ2n) is 5.31. The first-order valence-corrected chi connectivity index (χ1v) is 6.49. The van der Waals surface area contributed by atoms with Gasteiger partial charge in [0.1, 0.15) is 5.82 Å². The average Bonchev–Trinajstić information content (AvgIpc) is 2.34. The lowest BCUT2D eigenvalue weighted by atomic mass is 9.90. The molecule has 0 bridgehead atoms. The predicted molar refractivity (Wildman–Crippen MR) is 73.0 cm³/mol. The van der Waals surface area contributed by atoms with Crippen LogP contribution in [0.25, 0.3) is 0 Å². The normalized spacial score (nSPS) is 12.6. The van der Waals surface area contributed by atoms with Gasteiger partial charge in [0.2, 0.25) is 0 Å². The van der Waals surface area contributed by atoms with Crippen LogP contribution in [0.1, 0.15) is 25.8 Å². The van der Waals surface area contributed by atoms with Crippen molar-refractivity contribution in [2.75, 3.05) is 25.6 Å². The summed E-state index contributed by atoms with van der Waals surface area (Å²) < 4.78 is 42.5. The topological polar surface area (TPSA) is 34.1 Å². The molecule has 0 radical (unpaired) electrons. The Morgan fingerprint density at radius 2 is 2.00 bits per heavy atom. The Hall–Kier alpha value is -1.01. The van der Waals surface area contributed by atoms with Crippen LogP contribution in [0.3, 0.4) is 0 Å². The van der Waals surface area contributed by atoms with Gasteiger partial charge in [-0.25, -0.2) is 4.98 Å². The molecule has 1 rings (SSSR count). The number of hydrogen-bond donors (Lipinski definition) is 1. The van der Waals surface area contributed by atoms with Crippen molar-refractivity contribution in [3.8, 4) is 0 Å². The van der Waals surface area contributed by atoms with E-state index >= 15 is 0 Å². The Morgan fingerprint density at radius 1 is 1.35 bits per heavy atom. The number of aromatic nitrogens is 1. The fraction of sp³-hybridized carbons (Fsp3) is 0.615. The van der Waals surface area contributed by atoms with E-state index in [9.17, 15) is 13.2 Å². The van der Waals surface area contributed by atoms with E-state index in [4.69, 9.17) is 16.3 Å². The first kappa shape index (κ1) is 17.0. The summed E-state index contributed by atoms with van der Waals surface area (Å²) in [5, 5.41) is 2.94. The Kier molecular flexibility index (Phi) is 5.65. The number of halogens is 4. The van der Waals surface area contributed by atoms with Crippen LogP contribution in [-0.2, 0) is 10.9 Å². The second kappa shape index (κ2) is 6.63. The molecule has 20 heavy (non-hydrogen) atoms. The number of methoxy groups -OCH3 is 1. The Morgan fingerprint density at radius 3 is 2.50 bits per heavy atom. The number of alkyl halides is 3. The van der Waals surface area contributed by atoms with Crippen LogP contribution in [-0.4, -0.2) is 25.2 Å². The van der Waals surface area contributed by atoms with Gasteiger partial charge in [0, 0.05) is 26.5 Å². The monoisotopic (exact) mass is 310 g/mol. The lowest BCUT2D eigenvalue weighted by Crippen LogP contribution is -2.25. The molecule has 1 N–H and O–H groups in total. The summed E-state index contributed by atoms with van der Waals surface area (Å²) in [6, 6.07) is 0.874. The molecule has 0 spiro atoms. The average molecular weight is 311 g/mol. The minimum atomic E-state index is -4.44. The summed E-state index contributed by atoms with van der Waals surface area (Å²) in [4.78, 5) is 3.73. The first-order chi connectivity index (χ1) is 9.15. The van der Waals surface area contributed by atoms with Crippen LogP contribution in [0, 0.1) is 5.41 Å². The summed E-state index contributed by atoms with van der Waals surface area (Å²) in [6.45, 7) is 5.20. The molecule has 0 aromatic carbocycles.